The van der Waals surface area contributed by atoms with Crippen LogP contribution in [0.5, 0.6) is 0 Å². The molecule has 0 saturated heterocycles. The Kier molecular flexibility index (Phi) is 6.45. The van der Waals surface area contributed by atoms with Gasteiger partial charge < -0.3 is 9.88 Å². The topological polar surface area (TPSA) is 96.5 Å². The molecule has 1 aliphatic rings. The van der Waals surface area contributed by atoms with Crippen LogP contribution < -0.4 is 5.32 Å². The number of aryl methyl sites for hydroxylation is 1. The summed E-state index contributed by atoms with van der Waals surface area (Å²) < 4.78 is 2.04. The van der Waals surface area contributed by atoms with Crippen LogP contribution in [0.4, 0.5) is 5.00 Å². The van der Waals surface area contributed by atoms with Crippen LogP contribution in [-0.2, 0) is 24.2 Å². The van der Waals surface area contributed by atoms with Crippen molar-refractivity contribution in [3.63, 3.8) is 0 Å². The van der Waals surface area contributed by atoms with E-state index in [0.717, 1.165) is 54.3 Å². The van der Waals surface area contributed by atoms with Crippen LogP contribution in [0.3, 0.4) is 0 Å². The molecule has 1 aliphatic carbocycles. The molecule has 0 unspecified atom stereocenters. The first-order chi connectivity index (χ1) is 14.7. The van der Waals surface area contributed by atoms with E-state index in [1.54, 1.807) is 23.7 Å². The first-order valence-corrected chi connectivity index (χ1v) is 11.8. The fourth-order valence-corrected chi connectivity index (χ4v) is 5.79. The number of anilines is 1. The highest BCUT2D eigenvalue weighted by molar-refractivity contribution is 7.99. The Bertz CT molecular complexity index is 1080. The number of aromatic nitrogens is 4. The number of hydrogen-bond acceptors (Lipinski definition) is 7. The predicted molar refractivity (Wildman–Crippen MR) is 119 cm³/mol. The summed E-state index contributed by atoms with van der Waals surface area (Å²) in [5.74, 6) is 1.32. The standard InChI is InChI=1S/C21H22N6OS2/c1-2-27-19(14-7-10-23-11-8-14)25-26-21(27)29-12-9-18(28)24-20-16(13-22)15-5-3-4-6-17(15)30-20/h7-8,10-11H,2-6,9,12H2,1H3,(H,24,28). The summed E-state index contributed by atoms with van der Waals surface area (Å²) in [6, 6.07) is 6.11. The Morgan fingerprint density at radius 2 is 2.10 bits per heavy atom. The predicted octanol–water partition coefficient (Wildman–Crippen LogP) is 4.29. The molecular formula is C21H22N6OS2. The molecule has 3 heterocycles. The Labute approximate surface area is 183 Å². The third kappa shape index (κ3) is 4.25. The zero-order valence-corrected chi connectivity index (χ0v) is 18.4. The minimum absolute atomic E-state index is 0.0745. The fourth-order valence-electron chi connectivity index (χ4n) is 3.59. The molecule has 1 N–H and O–H groups in total. The van der Waals surface area contributed by atoms with Gasteiger partial charge in [-0.15, -0.1) is 21.5 Å². The number of hydrogen-bond donors (Lipinski definition) is 1. The van der Waals surface area contributed by atoms with Gasteiger partial charge >= 0.3 is 0 Å². The lowest BCUT2D eigenvalue weighted by atomic mass is 9.96. The molecule has 0 atom stereocenters. The van der Waals surface area contributed by atoms with Gasteiger partial charge in [-0.3, -0.25) is 9.78 Å². The molecule has 1 amide bonds. The van der Waals surface area contributed by atoms with Crippen LogP contribution in [0.1, 0.15) is 42.2 Å². The molecule has 154 valence electrons. The Hall–Kier alpha value is -2.70. The SMILES string of the molecule is CCn1c(SCCC(=O)Nc2sc3c(c2C#N)CCCC3)nnc1-c1ccncc1. The molecule has 0 bridgehead atoms. The molecule has 0 radical (unpaired) electrons. The van der Waals surface area contributed by atoms with Gasteiger partial charge in [0.2, 0.25) is 5.91 Å². The maximum Gasteiger partial charge on any atom is 0.225 e. The van der Waals surface area contributed by atoms with Crippen molar-refractivity contribution in [1.82, 2.24) is 19.7 Å². The second-order valence-corrected chi connectivity index (χ2v) is 9.13. The largest absolute Gasteiger partial charge is 0.317 e. The number of thiophene rings is 1. The third-order valence-electron chi connectivity index (χ3n) is 5.07. The highest BCUT2D eigenvalue weighted by Crippen LogP contribution is 2.37. The summed E-state index contributed by atoms with van der Waals surface area (Å²) in [5.41, 5.74) is 2.76. The molecule has 9 heteroatoms. The van der Waals surface area contributed by atoms with Crippen molar-refractivity contribution in [3.8, 4) is 17.5 Å². The number of carbonyl (C=O) groups excluding carboxylic acids is 1. The summed E-state index contributed by atoms with van der Waals surface area (Å²) in [6.07, 6.45) is 8.03. The average molecular weight is 439 g/mol. The fraction of sp³-hybridized carbons (Fsp3) is 0.381. The van der Waals surface area contributed by atoms with E-state index in [1.807, 2.05) is 23.6 Å². The average Bonchev–Trinajstić information content (AvgIpc) is 3.34. The summed E-state index contributed by atoms with van der Waals surface area (Å²) in [5, 5.41) is 22.6. The third-order valence-corrected chi connectivity index (χ3v) is 7.24. The lowest BCUT2D eigenvalue weighted by Crippen LogP contribution is -2.12. The van der Waals surface area contributed by atoms with Crippen molar-refractivity contribution in [2.75, 3.05) is 11.1 Å². The van der Waals surface area contributed by atoms with Crippen molar-refractivity contribution in [2.24, 2.45) is 0 Å². The minimum atomic E-state index is -0.0745. The van der Waals surface area contributed by atoms with E-state index in [4.69, 9.17) is 0 Å². The number of nitrogens with zero attached hydrogens (tertiary/aromatic N) is 5. The van der Waals surface area contributed by atoms with Crippen LogP contribution in [0.2, 0.25) is 0 Å². The van der Waals surface area contributed by atoms with E-state index < -0.39 is 0 Å². The molecule has 4 rings (SSSR count). The number of amides is 1. The maximum atomic E-state index is 12.5. The van der Waals surface area contributed by atoms with Gasteiger partial charge in [-0.1, -0.05) is 11.8 Å². The number of fused-ring (bicyclic) bond motifs is 1. The van der Waals surface area contributed by atoms with E-state index in [0.29, 0.717) is 22.7 Å². The van der Waals surface area contributed by atoms with Crippen molar-refractivity contribution in [1.29, 1.82) is 5.26 Å². The highest BCUT2D eigenvalue weighted by Gasteiger charge is 2.22. The normalized spacial score (nSPS) is 12.9. The Balaban J connectivity index is 1.37. The summed E-state index contributed by atoms with van der Waals surface area (Å²) in [7, 11) is 0. The molecule has 0 saturated carbocycles. The second kappa shape index (κ2) is 9.41. The first kappa shape index (κ1) is 20.6. The molecular weight excluding hydrogens is 416 g/mol. The van der Waals surface area contributed by atoms with E-state index in [2.05, 4.69) is 26.6 Å². The quantitative estimate of drug-likeness (QED) is 0.553. The van der Waals surface area contributed by atoms with Crippen molar-refractivity contribution in [3.05, 3.63) is 40.5 Å². The smallest absolute Gasteiger partial charge is 0.225 e. The summed E-state index contributed by atoms with van der Waals surface area (Å²) in [6.45, 7) is 2.79. The van der Waals surface area contributed by atoms with Crippen LogP contribution in [0.15, 0.2) is 29.7 Å². The van der Waals surface area contributed by atoms with Gasteiger partial charge in [0, 0.05) is 41.6 Å². The van der Waals surface area contributed by atoms with Crippen LogP contribution in [-0.4, -0.2) is 31.4 Å². The number of pyridine rings is 1. The van der Waals surface area contributed by atoms with Crippen LogP contribution in [0, 0.1) is 11.3 Å². The van der Waals surface area contributed by atoms with Gasteiger partial charge in [-0.25, -0.2) is 0 Å². The molecule has 3 aromatic rings. The van der Waals surface area contributed by atoms with Crippen LogP contribution in [0.25, 0.3) is 11.4 Å². The van der Waals surface area contributed by atoms with Gasteiger partial charge in [0.1, 0.15) is 11.1 Å². The second-order valence-electron chi connectivity index (χ2n) is 6.96. The Morgan fingerprint density at radius 1 is 1.30 bits per heavy atom. The number of nitriles is 1. The molecule has 30 heavy (non-hydrogen) atoms. The lowest BCUT2D eigenvalue weighted by molar-refractivity contribution is -0.115. The van der Waals surface area contributed by atoms with Gasteiger partial charge in [0.05, 0.1) is 5.56 Å². The molecule has 0 aromatic carbocycles. The van der Waals surface area contributed by atoms with Gasteiger partial charge in [0.15, 0.2) is 11.0 Å². The molecule has 3 aromatic heterocycles. The van der Waals surface area contributed by atoms with Crippen molar-refractivity contribution in [2.45, 2.75) is 50.7 Å². The van der Waals surface area contributed by atoms with E-state index in [-0.39, 0.29) is 5.91 Å². The maximum absolute atomic E-state index is 12.5. The molecule has 7 nitrogen and oxygen atoms in total. The number of rotatable bonds is 7. The summed E-state index contributed by atoms with van der Waals surface area (Å²) in [4.78, 5) is 17.8. The van der Waals surface area contributed by atoms with E-state index in [9.17, 15) is 10.1 Å². The minimum Gasteiger partial charge on any atom is -0.317 e. The summed E-state index contributed by atoms with van der Waals surface area (Å²) >= 11 is 3.07. The molecule has 0 fully saturated rings. The zero-order valence-electron chi connectivity index (χ0n) is 16.7. The highest BCUT2D eigenvalue weighted by atomic mass is 32.2. The van der Waals surface area contributed by atoms with Gasteiger partial charge in [-0.05, 0) is 50.3 Å². The van der Waals surface area contributed by atoms with E-state index >= 15 is 0 Å². The first-order valence-electron chi connectivity index (χ1n) is 10.0. The number of carbonyl (C=O) groups is 1. The Morgan fingerprint density at radius 3 is 2.87 bits per heavy atom. The van der Waals surface area contributed by atoms with Gasteiger partial charge in [-0.2, -0.15) is 5.26 Å². The van der Waals surface area contributed by atoms with Gasteiger partial charge in [0.25, 0.3) is 0 Å². The number of nitrogens with one attached hydrogen (secondary N) is 1. The van der Waals surface area contributed by atoms with E-state index in [1.165, 1.54) is 16.6 Å². The van der Waals surface area contributed by atoms with Crippen LogP contribution >= 0.6 is 23.1 Å². The zero-order chi connectivity index (χ0) is 20.9. The number of thioether (sulfide) groups is 1. The van der Waals surface area contributed by atoms with Crippen molar-refractivity contribution >= 4 is 34.0 Å². The lowest BCUT2D eigenvalue weighted by Gasteiger charge is -2.09. The molecule has 0 spiro atoms. The molecule has 0 aliphatic heterocycles. The van der Waals surface area contributed by atoms with Crippen molar-refractivity contribution < 1.29 is 4.79 Å². The monoisotopic (exact) mass is 438 g/mol.